The molecule has 0 saturated heterocycles. The molecule has 9 heteroatoms. The Hall–Kier alpha value is -2.91. The quantitative estimate of drug-likeness (QED) is 0.587. The van der Waals surface area contributed by atoms with Crippen molar-refractivity contribution < 1.29 is 27.5 Å². The molecule has 162 valence electrons. The number of methoxy groups -OCH3 is 1. The molecule has 0 bridgehead atoms. The summed E-state index contributed by atoms with van der Waals surface area (Å²) in [6, 6.07) is 11.6. The van der Waals surface area contributed by atoms with Gasteiger partial charge in [-0.15, -0.1) is 0 Å². The van der Waals surface area contributed by atoms with Crippen molar-refractivity contribution in [3.8, 4) is 5.75 Å². The normalized spacial score (nSPS) is 12.1. The molecule has 2 aromatic carbocycles. The summed E-state index contributed by atoms with van der Waals surface area (Å²) >= 11 is 0. The van der Waals surface area contributed by atoms with Crippen LogP contribution in [0.5, 0.6) is 5.75 Å². The summed E-state index contributed by atoms with van der Waals surface area (Å²) in [7, 11) is -0.657. The molecule has 0 saturated carbocycles. The summed E-state index contributed by atoms with van der Waals surface area (Å²) in [4.78, 5) is 24.6. The zero-order valence-electron chi connectivity index (χ0n) is 17.4. The number of nitrogens with one attached hydrogen (secondary N) is 2. The number of rotatable bonds is 9. The van der Waals surface area contributed by atoms with Gasteiger partial charge in [-0.25, -0.2) is 13.1 Å². The van der Waals surface area contributed by atoms with Crippen LogP contribution in [0.25, 0.3) is 0 Å². The van der Waals surface area contributed by atoms with Crippen LogP contribution < -0.4 is 14.8 Å². The maximum absolute atomic E-state index is 12.4. The Morgan fingerprint density at radius 2 is 1.77 bits per heavy atom. The number of sulfonamides is 1. The van der Waals surface area contributed by atoms with E-state index in [0.717, 1.165) is 11.1 Å². The molecule has 1 amide bonds. The van der Waals surface area contributed by atoms with Crippen molar-refractivity contribution in [2.75, 3.05) is 19.5 Å². The van der Waals surface area contributed by atoms with Crippen LogP contribution in [0, 0.1) is 6.92 Å². The van der Waals surface area contributed by atoms with Crippen LogP contribution in [0.2, 0.25) is 0 Å². The Labute approximate surface area is 176 Å². The highest BCUT2D eigenvalue weighted by Gasteiger charge is 2.19. The van der Waals surface area contributed by atoms with Gasteiger partial charge in [0.05, 0.1) is 17.7 Å². The molecule has 1 atom stereocenters. The van der Waals surface area contributed by atoms with Gasteiger partial charge in [-0.05, 0) is 62.7 Å². The number of aryl methyl sites for hydroxylation is 2. The van der Waals surface area contributed by atoms with Gasteiger partial charge in [-0.2, -0.15) is 0 Å². The fraction of sp³-hybridized carbons (Fsp3) is 0.333. The van der Waals surface area contributed by atoms with E-state index in [4.69, 9.17) is 9.47 Å². The number of amides is 1. The highest BCUT2D eigenvalue weighted by Crippen LogP contribution is 2.25. The average molecular weight is 435 g/mol. The van der Waals surface area contributed by atoms with Crippen molar-refractivity contribution in [1.82, 2.24) is 4.72 Å². The predicted octanol–water partition coefficient (Wildman–Crippen LogP) is 2.41. The van der Waals surface area contributed by atoms with Gasteiger partial charge in [0.15, 0.2) is 6.10 Å². The van der Waals surface area contributed by atoms with Gasteiger partial charge in [0.2, 0.25) is 10.0 Å². The molecular formula is C21H26N2O6S. The van der Waals surface area contributed by atoms with Crippen LogP contribution in [0.4, 0.5) is 5.69 Å². The van der Waals surface area contributed by atoms with E-state index in [2.05, 4.69) is 10.0 Å². The van der Waals surface area contributed by atoms with Crippen LogP contribution in [0.15, 0.2) is 47.4 Å². The average Bonchev–Trinajstić information content (AvgIpc) is 2.72. The van der Waals surface area contributed by atoms with Crippen LogP contribution in [-0.2, 0) is 30.8 Å². The zero-order valence-corrected chi connectivity index (χ0v) is 18.2. The van der Waals surface area contributed by atoms with Crippen LogP contribution >= 0.6 is 0 Å². The second-order valence-corrected chi connectivity index (χ2v) is 8.56. The SMILES string of the molecule is CNS(=O)(=O)c1ccc(CCC(=O)OC(C)C(=O)Nc2cc(C)ccc2OC)cc1. The smallest absolute Gasteiger partial charge is 0.306 e. The number of hydrogen-bond acceptors (Lipinski definition) is 6. The highest BCUT2D eigenvalue weighted by atomic mass is 32.2. The first-order valence-corrected chi connectivity index (χ1v) is 10.8. The minimum Gasteiger partial charge on any atom is -0.495 e. The first-order valence-electron chi connectivity index (χ1n) is 9.33. The molecule has 0 aliphatic rings. The Kier molecular flexibility index (Phi) is 7.96. The number of esters is 1. The molecule has 1 unspecified atom stereocenters. The van der Waals surface area contributed by atoms with Crippen LogP contribution in [-0.4, -0.2) is 40.6 Å². The molecule has 8 nitrogen and oxygen atoms in total. The lowest BCUT2D eigenvalue weighted by Crippen LogP contribution is -2.30. The third-order valence-electron chi connectivity index (χ3n) is 4.41. The third kappa shape index (κ3) is 6.30. The summed E-state index contributed by atoms with van der Waals surface area (Å²) in [5.41, 5.74) is 2.23. The molecule has 2 rings (SSSR count). The second-order valence-electron chi connectivity index (χ2n) is 6.68. The topological polar surface area (TPSA) is 111 Å². The molecule has 0 aliphatic carbocycles. The van der Waals surface area contributed by atoms with Gasteiger partial charge in [-0.3, -0.25) is 9.59 Å². The lowest BCUT2D eigenvalue weighted by atomic mass is 10.1. The number of carbonyl (C=O) groups is 2. The minimum atomic E-state index is -3.50. The summed E-state index contributed by atoms with van der Waals surface area (Å²) in [5.74, 6) is -0.481. The molecular weight excluding hydrogens is 408 g/mol. The molecule has 30 heavy (non-hydrogen) atoms. The van der Waals surface area contributed by atoms with Gasteiger partial charge in [0.1, 0.15) is 5.75 Å². The van der Waals surface area contributed by atoms with Gasteiger partial charge in [0.25, 0.3) is 5.91 Å². The molecule has 0 aliphatic heterocycles. The number of benzene rings is 2. The number of ether oxygens (including phenoxy) is 2. The van der Waals surface area contributed by atoms with Gasteiger partial charge in [0, 0.05) is 6.42 Å². The number of anilines is 1. The van der Waals surface area contributed by atoms with Crippen molar-refractivity contribution in [3.05, 3.63) is 53.6 Å². The summed E-state index contributed by atoms with van der Waals surface area (Å²) in [5, 5.41) is 2.70. The maximum atomic E-state index is 12.4. The fourth-order valence-corrected chi connectivity index (χ4v) is 3.39. The molecule has 0 heterocycles. The molecule has 0 aromatic heterocycles. The first kappa shape index (κ1) is 23.4. The van der Waals surface area contributed by atoms with Gasteiger partial charge in [-0.1, -0.05) is 18.2 Å². The second kappa shape index (κ2) is 10.2. The lowest BCUT2D eigenvalue weighted by Gasteiger charge is -2.15. The monoisotopic (exact) mass is 434 g/mol. The van der Waals surface area contributed by atoms with E-state index in [1.165, 1.54) is 33.2 Å². The van der Waals surface area contributed by atoms with Crippen molar-refractivity contribution in [1.29, 1.82) is 0 Å². The summed E-state index contributed by atoms with van der Waals surface area (Å²) < 4.78 is 36.1. The largest absolute Gasteiger partial charge is 0.495 e. The Morgan fingerprint density at radius 1 is 1.10 bits per heavy atom. The van der Waals surface area contributed by atoms with E-state index < -0.39 is 28.0 Å². The third-order valence-corrected chi connectivity index (χ3v) is 5.84. The molecule has 2 N–H and O–H groups in total. The van der Waals surface area contributed by atoms with Crippen LogP contribution in [0.1, 0.15) is 24.5 Å². The Morgan fingerprint density at radius 3 is 2.37 bits per heavy atom. The number of carbonyl (C=O) groups excluding carboxylic acids is 2. The Bertz CT molecular complexity index is 1000. The Balaban J connectivity index is 1.88. The zero-order chi connectivity index (χ0) is 22.3. The lowest BCUT2D eigenvalue weighted by molar-refractivity contribution is -0.153. The molecule has 0 spiro atoms. The molecule has 0 radical (unpaired) electrons. The van der Waals surface area contributed by atoms with Crippen molar-refractivity contribution in [2.45, 2.75) is 37.7 Å². The summed E-state index contributed by atoms with van der Waals surface area (Å²) in [6.45, 7) is 3.38. The van der Waals surface area contributed by atoms with Crippen LogP contribution in [0.3, 0.4) is 0 Å². The van der Waals surface area contributed by atoms with Crippen molar-refractivity contribution in [3.63, 3.8) is 0 Å². The number of hydrogen-bond donors (Lipinski definition) is 2. The first-order chi connectivity index (χ1) is 14.2. The fourth-order valence-electron chi connectivity index (χ4n) is 2.66. The van der Waals surface area contributed by atoms with E-state index in [1.807, 2.05) is 13.0 Å². The van der Waals surface area contributed by atoms with E-state index in [9.17, 15) is 18.0 Å². The molecule has 0 fully saturated rings. The highest BCUT2D eigenvalue weighted by molar-refractivity contribution is 7.89. The van der Waals surface area contributed by atoms with E-state index in [1.54, 1.807) is 24.3 Å². The van der Waals surface area contributed by atoms with E-state index >= 15 is 0 Å². The van der Waals surface area contributed by atoms with E-state index in [-0.39, 0.29) is 11.3 Å². The van der Waals surface area contributed by atoms with Gasteiger partial charge < -0.3 is 14.8 Å². The summed E-state index contributed by atoms with van der Waals surface area (Å²) in [6.07, 6.45) is -0.562. The molecule has 2 aromatic rings. The standard InChI is InChI=1S/C21H26N2O6S/c1-14-5-11-19(28-4)18(13-14)23-21(25)15(2)29-20(24)12-8-16-6-9-17(10-7-16)30(26,27)22-3/h5-7,9-11,13,15,22H,8,12H2,1-4H3,(H,23,25). The van der Waals surface area contributed by atoms with Crippen molar-refractivity contribution >= 4 is 27.6 Å². The van der Waals surface area contributed by atoms with Gasteiger partial charge >= 0.3 is 5.97 Å². The van der Waals surface area contributed by atoms with E-state index in [0.29, 0.717) is 17.9 Å². The predicted molar refractivity (Wildman–Crippen MR) is 113 cm³/mol. The minimum absolute atomic E-state index is 0.0590. The van der Waals surface area contributed by atoms with Crippen molar-refractivity contribution in [2.24, 2.45) is 0 Å². The maximum Gasteiger partial charge on any atom is 0.306 e.